The third-order valence-corrected chi connectivity index (χ3v) is 15.9. The molecule has 6 nitrogen and oxygen atoms in total. The van der Waals surface area contributed by atoms with Crippen molar-refractivity contribution in [1.82, 2.24) is 0 Å². The van der Waals surface area contributed by atoms with Crippen LogP contribution in [0.2, 0.25) is 0 Å². The van der Waals surface area contributed by atoms with Crippen LogP contribution in [0.5, 0.6) is 0 Å². The van der Waals surface area contributed by atoms with Gasteiger partial charge in [0, 0.05) is 19.3 Å². The average molecular weight is 1050 g/mol. The number of hydrogen-bond donors (Lipinski definition) is 0. The summed E-state index contributed by atoms with van der Waals surface area (Å²) in [5.74, 6) is -0.835. The molecule has 0 bridgehead atoms. The van der Waals surface area contributed by atoms with Crippen LogP contribution < -0.4 is 0 Å². The smallest absolute Gasteiger partial charge is 0.306 e. The zero-order valence-corrected chi connectivity index (χ0v) is 50.7. The van der Waals surface area contributed by atoms with Gasteiger partial charge in [-0.15, -0.1) is 0 Å². The summed E-state index contributed by atoms with van der Waals surface area (Å²) in [4.78, 5) is 38.1. The summed E-state index contributed by atoms with van der Waals surface area (Å²) in [6.07, 6.45) is 74.5. The van der Waals surface area contributed by atoms with Gasteiger partial charge in [-0.3, -0.25) is 14.4 Å². The van der Waals surface area contributed by atoms with Crippen LogP contribution in [0.4, 0.5) is 0 Å². The van der Waals surface area contributed by atoms with E-state index in [0.29, 0.717) is 19.3 Å². The predicted molar refractivity (Wildman–Crippen MR) is 321 cm³/mol. The number of carbonyl (C=O) groups is 3. The van der Waals surface area contributed by atoms with Crippen molar-refractivity contribution in [2.45, 2.75) is 406 Å². The van der Waals surface area contributed by atoms with Gasteiger partial charge >= 0.3 is 17.9 Å². The molecule has 0 radical (unpaired) electrons. The molecule has 0 spiro atoms. The zero-order chi connectivity index (χ0) is 53.6. The molecule has 0 amide bonds. The van der Waals surface area contributed by atoms with Crippen LogP contribution in [0.15, 0.2) is 0 Å². The maximum Gasteiger partial charge on any atom is 0.306 e. The lowest BCUT2D eigenvalue weighted by molar-refractivity contribution is -0.167. The number of hydrogen-bond acceptors (Lipinski definition) is 6. The van der Waals surface area contributed by atoms with Gasteiger partial charge in [-0.1, -0.05) is 361 Å². The molecule has 0 heterocycles. The van der Waals surface area contributed by atoms with Gasteiger partial charge in [-0.05, 0) is 19.3 Å². The molecular formula is C68H132O6. The van der Waals surface area contributed by atoms with Crippen LogP contribution in [0.25, 0.3) is 0 Å². The lowest BCUT2D eigenvalue weighted by atomic mass is 10.0. The molecule has 0 saturated carbocycles. The van der Waals surface area contributed by atoms with E-state index in [1.54, 1.807) is 0 Å². The molecule has 0 aromatic carbocycles. The van der Waals surface area contributed by atoms with Crippen LogP contribution in [0.3, 0.4) is 0 Å². The molecule has 0 N–H and O–H groups in total. The number of rotatable bonds is 64. The molecule has 1 unspecified atom stereocenters. The maximum atomic E-state index is 12.9. The average Bonchev–Trinajstić information content (AvgIpc) is 3.40. The summed E-state index contributed by atoms with van der Waals surface area (Å²) in [5, 5.41) is 0. The molecule has 6 heteroatoms. The van der Waals surface area contributed by atoms with E-state index in [2.05, 4.69) is 20.8 Å². The van der Waals surface area contributed by atoms with Gasteiger partial charge in [-0.25, -0.2) is 0 Å². The Bertz CT molecular complexity index is 1110. The number of carbonyl (C=O) groups excluding carboxylic acids is 3. The first-order chi connectivity index (χ1) is 36.5. The maximum absolute atomic E-state index is 12.9. The largest absolute Gasteiger partial charge is 0.462 e. The van der Waals surface area contributed by atoms with Gasteiger partial charge in [0.2, 0.25) is 0 Å². The van der Waals surface area contributed by atoms with E-state index < -0.39 is 6.10 Å². The minimum atomic E-state index is -0.761. The fraction of sp³-hybridized carbons (Fsp3) is 0.956. The summed E-state index contributed by atoms with van der Waals surface area (Å²) < 4.78 is 16.9. The second kappa shape index (κ2) is 63.9. The molecule has 440 valence electrons. The predicted octanol–water partition coefficient (Wildman–Crippen LogP) is 23.1. The van der Waals surface area contributed by atoms with Gasteiger partial charge in [0.15, 0.2) is 6.10 Å². The van der Waals surface area contributed by atoms with Crippen molar-refractivity contribution in [3.63, 3.8) is 0 Å². The third kappa shape index (κ3) is 61.3. The minimum Gasteiger partial charge on any atom is -0.462 e. The fourth-order valence-electron chi connectivity index (χ4n) is 10.7. The van der Waals surface area contributed by atoms with Crippen LogP contribution in [0, 0.1) is 0 Å². The van der Waals surface area contributed by atoms with Gasteiger partial charge < -0.3 is 14.2 Å². The number of unbranched alkanes of at least 4 members (excludes halogenated alkanes) is 53. The molecule has 0 aliphatic rings. The quantitative estimate of drug-likeness (QED) is 0.0343. The second-order valence-electron chi connectivity index (χ2n) is 23.5. The van der Waals surface area contributed by atoms with E-state index in [9.17, 15) is 14.4 Å². The van der Waals surface area contributed by atoms with E-state index in [4.69, 9.17) is 14.2 Å². The van der Waals surface area contributed by atoms with Gasteiger partial charge in [0.05, 0.1) is 0 Å². The van der Waals surface area contributed by atoms with Gasteiger partial charge in [-0.2, -0.15) is 0 Å². The minimum absolute atomic E-state index is 0.0614. The van der Waals surface area contributed by atoms with Crippen LogP contribution >= 0.6 is 0 Å². The number of esters is 3. The Morgan fingerprint density at radius 2 is 0.365 bits per heavy atom. The van der Waals surface area contributed by atoms with Gasteiger partial charge in [0.25, 0.3) is 0 Å². The molecule has 0 aliphatic heterocycles. The molecule has 0 saturated heterocycles. The lowest BCUT2D eigenvalue weighted by Gasteiger charge is -2.18. The summed E-state index contributed by atoms with van der Waals surface area (Å²) in [7, 11) is 0. The van der Waals surface area contributed by atoms with Crippen LogP contribution in [0.1, 0.15) is 400 Å². The molecular weight excluding hydrogens is 913 g/mol. The molecule has 0 aromatic heterocycles. The Kier molecular flexibility index (Phi) is 62.6. The second-order valence-corrected chi connectivity index (χ2v) is 23.5. The van der Waals surface area contributed by atoms with Crippen molar-refractivity contribution in [3.05, 3.63) is 0 Å². The van der Waals surface area contributed by atoms with E-state index in [-0.39, 0.29) is 31.1 Å². The molecule has 0 aliphatic carbocycles. The first kappa shape index (κ1) is 72.4. The summed E-state index contributed by atoms with van der Waals surface area (Å²) in [6.45, 7) is 6.69. The van der Waals surface area contributed by atoms with Crippen LogP contribution in [-0.2, 0) is 28.6 Å². The SMILES string of the molecule is CCCCCCCCCCCCCCCCCCCCCCCCCCCCCCC(=O)OCC(COC(=O)CCCCCCCCC)OC(=O)CCCCCCCCCCCCCCCCCCCCCCC. The van der Waals surface area contributed by atoms with Crippen molar-refractivity contribution in [2.75, 3.05) is 13.2 Å². The summed E-state index contributed by atoms with van der Waals surface area (Å²) in [5.41, 5.74) is 0. The normalized spacial score (nSPS) is 11.9. The fourth-order valence-corrected chi connectivity index (χ4v) is 10.7. The summed E-state index contributed by atoms with van der Waals surface area (Å²) >= 11 is 0. The summed E-state index contributed by atoms with van der Waals surface area (Å²) in [6, 6.07) is 0. The molecule has 0 aromatic rings. The Morgan fingerprint density at radius 1 is 0.216 bits per heavy atom. The Balaban J connectivity index is 3.99. The van der Waals surface area contributed by atoms with E-state index in [0.717, 1.165) is 57.8 Å². The standard InChI is InChI=1S/C68H132O6/c1-4-7-10-13-16-18-20-22-24-26-28-30-31-32-33-34-35-36-38-39-41-43-45-47-49-52-55-58-61-67(70)73-64-65(63-72-66(69)60-57-54-51-15-12-9-6-3)74-68(71)62-59-56-53-50-48-46-44-42-40-37-29-27-25-23-21-19-17-14-11-8-5-2/h65H,4-64H2,1-3H3. The molecule has 0 rings (SSSR count). The van der Waals surface area contributed by atoms with E-state index in [1.165, 1.54) is 302 Å². The van der Waals surface area contributed by atoms with Crippen molar-refractivity contribution in [3.8, 4) is 0 Å². The van der Waals surface area contributed by atoms with Crippen LogP contribution in [-0.4, -0.2) is 37.2 Å². The number of ether oxygens (including phenoxy) is 3. The van der Waals surface area contributed by atoms with Crippen molar-refractivity contribution >= 4 is 17.9 Å². The lowest BCUT2D eigenvalue weighted by Crippen LogP contribution is -2.30. The highest BCUT2D eigenvalue weighted by molar-refractivity contribution is 5.71. The highest BCUT2D eigenvalue weighted by Crippen LogP contribution is 2.19. The van der Waals surface area contributed by atoms with E-state index in [1.807, 2.05) is 0 Å². The monoisotopic (exact) mass is 1050 g/mol. The zero-order valence-electron chi connectivity index (χ0n) is 50.7. The highest BCUT2D eigenvalue weighted by Gasteiger charge is 2.19. The topological polar surface area (TPSA) is 78.9 Å². The Morgan fingerprint density at radius 3 is 0.541 bits per heavy atom. The molecule has 74 heavy (non-hydrogen) atoms. The van der Waals surface area contributed by atoms with Crippen molar-refractivity contribution in [1.29, 1.82) is 0 Å². The van der Waals surface area contributed by atoms with Crippen molar-refractivity contribution < 1.29 is 28.6 Å². The van der Waals surface area contributed by atoms with Crippen molar-refractivity contribution in [2.24, 2.45) is 0 Å². The Labute approximate surface area is 463 Å². The first-order valence-electron chi connectivity index (χ1n) is 34.0. The highest BCUT2D eigenvalue weighted by atomic mass is 16.6. The Hall–Kier alpha value is -1.59. The first-order valence-corrected chi connectivity index (χ1v) is 34.0. The molecule has 1 atom stereocenters. The van der Waals surface area contributed by atoms with Gasteiger partial charge in [0.1, 0.15) is 13.2 Å². The third-order valence-electron chi connectivity index (χ3n) is 15.9. The molecule has 0 fully saturated rings. The van der Waals surface area contributed by atoms with E-state index >= 15 is 0 Å².